The van der Waals surface area contributed by atoms with Crippen molar-refractivity contribution in [2.45, 2.75) is 12.7 Å². The third kappa shape index (κ3) is 4.25. The summed E-state index contributed by atoms with van der Waals surface area (Å²) in [5, 5.41) is 9.36. The minimum absolute atomic E-state index is 0.154. The average Bonchev–Trinajstić information content (AvgIpc) is 3.14. The van der Waals surface area contributed by atoms with Crippen molar-refractivity contribution in [2.75, 3.05) is 12.4 Å². The number of amides is 1. The molecule has 0 atom stereocenters. The maximum Gasteiger partial charge on any atom is 0.416 e. The lowest BCUT2D eigenvalue weighted by Crippen LogP contribution is -2.19. The highest BCUT2D eigenvalue weighted by Crippen LogP contribution is 2.30. The molecule has 1 heterocycles. The minimum atomic E-state index is -4.40. The smallest absolute Gasteiger partial charge is 0.375 e. The Morgan fingerprint density at radius 1 is 1.11 bits per heavy atom. The molecule has 2 aromatic carbocycles. The Kier molecular flexibility index (Phi) is 5.11. The molecule has 6 nitrogen and oxygen atoms in total. The van der Waals surface area contributed by atoms with Gasteiger partial charge in [0, 0.05) is 18.3 Å². The molecule has 140 valence electrons. The third-order valence-electron chi connectivity index (χ3n) is 3.77. The lowest BCUT2D eigenvalue weighted by molar-refractivity contribution is -0.137. The highest BCUT2D eigenvalue weighted by molar-refractivity contribution is 5.99. The SMILES string of the molecule is CNC(=O)c1ccccc1NCc1nc(-c2ccc(C(F)(F)F)cc2)no1. The zero-order valence-electron chi connectivity index (χ0n) is 14.2. The summed E-state index contributed by atoms with van der Waals surface area (Å²) in [7, 11) is 1.54. The van der Waals surface area contributed by atoms with Crippen molar-refractivity contribution in [1.82, 2.24) is 15.5 Å². The van der Waals surface area contributed by atoms with Gasteiger partial charge in [-0.05, 0) is 24.3 Å². The quantitative estimate of drug-likeness (QED) is 0.709. The molecule has 0 unspecified atom stereocenters. The van der Waals surface area contributed by atoms with Crippen LogP contribution in [0.1, 0.15) is 21.8 Å². The summed E-state index contributed by atoms with van der Waals surface area (Å²) in [5.41, 5.74) is 0.708. The van der Waals surface area contributed by atoms with Crippen molar-refractivity contribution in [3.63, 3.8) is 0 Å². The van der Waals surface area contributed by atoms with Gasteiger partial charge in [0.2, 0.25) is 11.7 Å². The second-order valence-corrected chi connectivity index (χ2v) is 5.57. The van der Waals surface area contributed by atoms with Crippen LogP contribution in [-0.2, 0) is 12.7 Å². The first-order valence-corrected chi connectivity index (χ1v) is 7.93. The first-order valence-electron chi connectivity index (χ1n) is 7.93. The van der Waals surface area contributed by atoms with Crippen LogP contribution in [0.15, 0.2) is 53.1 Å². The van der Waals surface area contributed by atoms with Crippen LogP contribution in [0, 0.1) is 0 Å². The lowest BCUT2D eigenvalue weighted by atomic mass is 10.1. The molecule has 0 saturated carbocycles. The second kappa shape index (κ2) is 7.48. The lowest BCUT2D eigenvalue weighted by Gasteiger charge is -2.09. The minimum Gasteiger partial charge on any atom is -0.375 e. The van der Waals surface area contributed by atoms with Crippen molar-refractivity contribution in [1.29, 1.82) is 0 Å². The zero-order valence-corrected chi connectivity index (χ0v) is 14.2. The summed E-state index contributed by atoms with van der Waals surface area (Å²) in [4.78, 5) is 16.0. The summed E-state index contributed by atoms with van der Waals surface area (Å²) in [6, 6.07) is 11.4. The highest BCUT2D eigenvalue weighted by Gasteiger charge is 2.30. The van der Waals surface area contributed by atoms with E-state index in [-0.39, 0.29) is 24.2 Å². The Hall–Kier alpha value is -3.36. The fourth-order valence-corrected chi connectivity index (χ4v) is 2.39. The van der Waals surface area contributed by atoms with Gasteiger partial charge in [0.15, 0.2) is 0 Å². The molecule has 1 aromatic heterocycles. The molecule has 1 amide bonds. The van der Waals surface area contributed by atoms with E-state index in [1.165, 1.54) is 19.2 Å². The van der Waals surface area contributed by atoms with Crippen molar-refractivity contribution >= 4 is 11.6 Å². The van der Waals surface area contributed by atoms with Gasteiger partial charge in [0.25, 0.3) is 5.91 Å². The Balaban J connectivity index is 1.71. The number of hydrogen-bond acceptors (Lipinski definition) is 5. The summed E-state index contributed by atoms with van der Waals surface area (Å²) >= 11 is 0. The molecule has 0 spiro atoms. The van der Waals surface area contributed by atoms with Crippen molar-refractivity contribution in [3.8, 4) is 11.4 Å². The van der Waals surface area contributed by atoms with Crippen LogP contribution in [0.25, 0.3) is 11.4 Å². The van der Waals surface area contributed by atoms with Crippen molar-refractivity contribution in [3.05, 3.63) is 65.5 Å². The summed E-state index contributed by atoms with van der Waals surface area (Å²) in [6.45, 7) is 0.154. The van der Waals surface area contributed by atoms with Gasteiger partial charge in [-0.2, -0.15) is 18.2 Å². The van der Waals surface area contributed by atoms with Gasteiger partial charge in [-0.1, -0.05) is 29.4 Å². The topological polar surface area (TPSA) is 80.0 Å². The molecule has 0 saturated heterocycles. The van der Waals surface area contributed by atoms with Crippen molar-refractivity contribution < 1.29 is 22.5 Å². The van der Waals surface area contributed by atoms with Gasteiger partial charge in [-0.15, -0.1) is 0 Å². The van der Waals surface area contributed by atoms with Crippen LogP contribution < -0.4 is 10.6 Å². The molecule has 0 aliphatic carbocycles. The number of carbonyl (C=O) groups is 1. The van der Waals surface area contributed by atoms with Gasteiger partial charge in [0.1, 0.15) is 0 Å². The average molecular weight is 376 g/mol. The molecular weight excluding hydrogens is 361 g/mol. The second-order valence-electron chi connectivity index (χ2n) is 5.57. The van der Waals surface area contributed by atoms with Crippen LogP contribution in [0.5, 0.6) is 0 Å². The number of nitrogens with zero attached hydrogens (tertiary/aromatic N) is 2. The Morgan fingerprint density at radius 2 is 1.81 bits per heavy atom. The van der Waals surface area contributed by atoms with Gasteiger partial charge >= 0.3 is 6.18 Å². The van der Waals surface area contributed by atoms with E-state index < -0.39 is 11.7 Å². The number of hydrogen-bond donors (Lipinski definition) is 2. The number of carbonyl (C=O) groups excluding carboxylic acids is 1. The largest absolute Gasteiger partial charge is 0.416 e. The molecule has 2 N–H and O–H groups in total. The summed E-state index contributed by atoms with van der Waals surface area (Å²) in [5.74, 6) is 0.172. The number of benzene rings is 2. The summed E-state index contributed by atoms with van der Waals surface area (Å²) in [6.07, 6.45) is -4.40. The normalized spacial score (nSPS) is 11.3. The van der Waals surface area contributed by atoms with E-state index in [9.17, 15) is 18.0 Å². The first-order chi connectivity index (χ1) is 12.9. The maximum absolute atomic E-state index is 12.6. The zero-order chi connectivity index (χ0) is 19.4. The number of anilines is 1. The van der Waals surface area contributed by atoms with E-state index in [0.29, 0.717) is 16.8 Å². The van der Waals surface area contributed by atoms with Gasteiger partial charge in [0.05, 0.1) is 17.7 Å². The third-order valence-corrected chi connectivity index (χ3v) is 3.77. The van der Waals surface area contributed by atoms with Crippen LogP contribution >= 0.6 is 0 Å². The van der Waals surface area contributed by atoms with E-state index in [2.05, 4.69) is 20.8 Å². The Morgan fingerprint density at radius 3 is 2.48 bits per heavy atom. The van der Waals surface area contributed by atoms with E-state index in [1.54, 1.807) is 24.3 Å². The fraction of sp³-hybridized carbons (Fsp3) is 0.167. The molecule has 3 aromatic rings. The standard InChI is InChI=1S/C18H15F3N4O2/c1-22-17(26)13-4-2-3-5-14(13)23-10-15-24-16(25-27-15)11-6-8-12(9-7-11)18(19,20)21/h2-9,23H,10H2,1H3,(H,22,26). The molecule has 9 heteroatoms. The van der Waals surface area contributed by atoms with E-state index >= 15 is 0 Å². The van der Waals surface area contributed by atoms with Gasteiger partial charge < -0.3 is 15.2 Å². The first kappa shape index (κ1) is 18.4. The molecule has 27 heavy (non-hydrogen) atoms. The van der Waals surface area contributed by atoms with E-state index in [0.717, 1.165) is 12.1 Å². The number of rotatable bonds is 5. The number of nitrogens with one attached hydrogen (secondary N) is 2. The highest BCUT2D eigenvalue weighted by atomic mass is 19.4. The number of para-hydroxylation sites is 1. The number of halogens is 3. The van der Waals surface area contributed by atoms with Crippen LogP contribution in [0.3, 0.4) is 0 Å². The fourth-order valence-electron chi connectivity index (χ4n) is 2.39. The summed E-state index contributed by atoms with van der Waals surface area (Å²) < 4.78 is 43.0. The van der Waals surface area contributed by atoms with Crippen LogP contribution in [0.4, 0.5) is 18.9 Å². The predicted molar refractivity (Wildman–Crippen MR) is 91.9 cm³/mol. The molecule has 0 aliphatic heterocycles. The van der Waals surface area contributed by atoms with Crippen LogP contribution in [-0.4, -0.2) is 23.1 Å². The van der Waals surface area contributed by atoms with E-state index in [1.807, 2.05) is 0 Å². The molecule has 0 bridgehead atoms. The van der Waals surface area contributed by atoms with Gasteiger partial charge in [-0.25, -0.2) is 0 Å². The predicted octanol–water partition coefficient (Wildman–Crippen LogP) is 3.73. The molecule has 0 radical (unpaired) electrons. The monoisotopic (exact) mass is 376 g/mol. The molecule has 0 fully saturated rings. The Bertz CT molecular complexity index is 936. The number of aromatic nitrogens is 2. The van der Waals surface area contributed by atoms with Crippen LogP contribution in [0.2, 0.25) is 0 Å². The van der Waals surface area contributed by atoms with Gasteiger partial charge in [-0.3, -0.25) is 4.79 Å². The molecular formula is C18H15F3N4O2. The van der Waals surface area contributed by atoms with E-state index in [4.69, 9.17) is 4.52 Å². The maximum atomic E-state index is 12.6. The molecule has 3 rings (SSSR count). The Labute approximate surface area is 152 Å². The number of alkyl halides is 3. The molecule has 0 aliphatic rings. The van der Waals surface area contributed by atoms with Crippen molar-refractivity contribution in [2.24, 2.45) is 0 Å².